The number of carbonyl (C=O) groups excluding carboxylic acids is 1. The standard InChI is InChI=1S/C22H25F3N3P.C12H18ClN.C2H6.CH5N.CH2O/c1-4-8-27-12-15(22(25)6-7-22)19-9-13(3)21(29-5-2)20(28-19)14-10-18(26)17(24)11-16(14)23;1-4-5-14-8-11-6-9(2)7-12(13)10(11)3;3*1-2/h8-11,15,27,29H,1,5-7,12,26H2,2-3H3;6-8,10,14H,4-5H2,1-3H3;1-2H3;2H2,1H3;1H2/b;11-8-;;;. The van der Waals surface area contributed by atoms with Crippen molar-refractivity contribution in [3.63, 3.8) is 0 Å². The first kappa shape index (κ1) is 45.6. The van der Waals surface area contributed by atoms with Gasteiger partial charge in [0.1, 0.15) is 24.1 Å². The van der Waals surface area contributed by atoms with Crippen molar-refractivity contribution in [3.8, 4) is 11.3 Å². The quantitative estimate of drug-likeness (QED) is 0.0801. The number of pyridine rings is 1. The van der Waals surface area contributed by atoms with Gasteiger partial charge in [-0.25, -0.2) is 13.2 Å². The van der Waals surface area contributed by atoms with Crippen LogP contribution in [0.5, 0.6) is 0 Å². The number of nitrogen functional groups attached to an aromatic ring is 1. The van der Waals surface area contributed by atoms with Crippen molar-refractivity contribution >= 4 is 38.0 Å². The van der Waals surface area contributed by atoms with Gasteiger partial charge in [-0.15, -0.1) is 5.73 Å². The molecule has 0 spiro atoms. The first-order valence-electron chi connectivity index (χ1n) is 16.6. The fourth-order valence-corrected chi connectivity index (χ4v) is 6.28. The molecule has 1 fully saturated rings. The maximum absolute atomic E-state index is 15.1. The van der Waals surface area contributed by atoms with Crippen LogP contribution in [0.1, 0.15) is 78.0 Å². The van der Waals surface area contributed by atoms with E-state index in [-0.39, 0.29) is 11.3 Å². The number of benzene rings is 1. The van der Waals surface area contributed by atoms with Gasteiger partial charge >= 0.3 is 0 Å². The molecule has 3 atom stereocenters. The molecular formula is C38H56ClF3N5OP. The third-order valence-electron chi connectivity index (χ3n) is 7.50. The fourth-order valence-electron chi connectivity index (χ4n) is 4.92. The van der Waals surface area contributed by atoms with Crippen LogP contribution in [0, 0.1) is 24.5 Å². The molecule has 2 aliphatic carbocycles. The first-order chi connectivity index (χ1) is 23.4. The van der Waals surface area contributed by atoms with Crippen molar-refractivity contribution in [2.45, 2.75) is 79.3 Å². The molecule has 11 heteroatoms. The number of alkyl halides is 1. The zero-order chi connectivity index (χ0) is 37.7. The lowest BCUT2D eigenvalue weighted by Crippen LogP contribution is -2.28. The SMILES string of the molecule is C=C=CNCC(c1cc(C)c(PCC)c(-c2cc(N)c(F)cc2F)n1)C1(F)CC1.C=O.CC.CCCN/C=C1/C=C(C)C=C(Cl)C1C.CN. The average molecular weight is 722 g/mol. The number of allylic oxidation sites excluding steroid dienone is 5. The summed E-state index contributed by atoms with van der Waals surface area (Å²) in [5, 5.41) is 8.11. The minimum Gasteiger partial charge on any atom is -0.396 e. The highest BCUT2D eigenvalue weighted by Gasteiger charge is 2.51. The molecule has 1 heterocycles. The van der Waals surface area contributed by atoms with Crippen LogP contribution in [-0.4, -0.2) is 43.7 Å². The van der Waals surface area contributed by atoms with E-state index >= 15 is 4.39 Å². The number of carbonyl (C=O) groups is 1. The summed E-state index contributed by atoms with van der Waals surface area (Å²) in [6.07, 6.45) is 10.8. The van der Waals surface area contributed by atoms with Crippen molar-refractivity contribution in [1.82, 2.24) is 15.6 Å². The van der Waals surface area contributed by atoms with E-state index in [2.05, 4.69) is 61.7 Å². The highest BCUT2D eigenvalue weighted by Crippen LogP contribution is 2.50. The first-order valence-corrected chi connectivity index (χ1v) is 18.2. The number of hydrogen-bond acceptors (Lipinski definition) is 6. The zero-order valence-electron chi connectivity index (χ0n) is 30.4. The van der Waals surface area contributed by atoms with Crippen LogP contribution in [0.15, 0.2) is 71.2 Å². The topological polar surface area (TPSA) is 106 Å². The Hall–Kier alpha value is -3.35. The maximum Gasteiger partial charge on any atom is 0.149 e. The summed E-state index contributed by atoms with van der Waals surface area (Å²) in [4.78, 5) is 12.7. The molecule has 0 bridgehead atoms. The lowest BCUT2D eigenvalue weighted by Gasteiger charge is -2.23. The molecule has 0 amide bonds. The Bertz CT molecular complexity index is 1470. The average Bonchev–Trinajstić information content (AvgIpc) is 3.85. The second-order valence-electron chi connectivity index (χ2n) is 11.1. The second-order valence-corrected chi connectivity index (χ2v) is 13.1. The molecule has 2 aromatic rings. The van der Waals surface area contributed by atoms with Crippen molar-refractivity contribution in [3.05, 3.63) is 94.1 Å². The lowest BCUT2D eigenvalue weighted by atomic mass is 9.94. The van der Waals surface area contributed by atoms with Gasteiger partial charge in [-0.3, -0.25) is 4.98 Å². The molecule has 0 aliphatic heterocycles. The van der Waals surface area contributed by atoms with Crippen LogP contribution < -0.4 is 27.4 Å². The molecule has 0 radical (unpaired) electrons. The summed E-state index contributed by atoms with van der Waals surface area (Å²) in [7, 11) is 1.90. The number of anilines is 1. The van der Waals surface area contributed by atoms with Crippen molar-refractivity contribution < 1.29 is 18.0 Å². The van der Waals surface area contributed by atoms with Gasteiger partial charge in [0.25, 0.3) is 0 Å². The molecule has 3 unspecified atom stereocenters. The molecular weight excluding hydrogens is 666 g/mol. The van der Waals surface area contributed by atoms with Gasteiger partial charge in [0, 0.05) is 59.1 Å². The van der Waals surface area contributed by atoms with Gasteiger partial charge in [-0.05, 0) is 81.2 Å². The van der Waals surface area contributed by atoms with Crippen LogP contribution in [0.3, 0.4) is 0 Å². The van der Waals surface area contributed by atoms with Gasteiger partial charge < -0.3 is 26.9 Å². The highest BCUT2D eigenvalue weighted by atomic mass is 35.5. The van der Waals surface area contributed by atoms with Gasteiger partial charge in [0.05, 0.1) is 17.3 Å². The van der Waals surface area contributed by atoms with Crippen LogP contribution in [0.25, 0.3) is 11.3 Å². The Balaban J connectivity index is 0.000000967. The number of aromatic nitrogens is 1. The van der Waals surface area contributed by atoms with E-state index in [1.165, 1.54) is 24.3 Å². The van der Waals surface area contributed by atoms with Crippen molar-refractivity contribution in [2.24, 2.45) is 11.7 Å². The third kappa shape index (κ3) is 13.8. The summed E-state index contributed by atoms with van der Waals surface area (Å²) in [5.41, 5.74) is 15.8. The number of halogens is 4. The van der Waals surface area contributed by atoms with E-state index < -0.39 is 23.2 Å². The third-order valence-corrected chi connectivity index (χ3v) is 9.28. The molecule has 49 heavy (non-hydrogen) atoms. The Labute approximate surface area is 299 Å². The monoisotopic (exact) mass is 721 g/mol. The predicted molar refractivity (Wildman–Crippen MR) is 207 cm³/mol. The molecule has 6 nitrogen and oxygen atoms in total. The molecule has 6 N–H and O–H groups in total. The summed E-state index contributed by atoms with van der Waals surface area (Å²) in [6, 6.07) is 3.93. The maximum atomic E-state index is 15.1. The Kier molecular flexibility index (Phi) is 22.3. The number of rotatable bonds is 11. The minimum atomic E-state index is -1.34. The predicted octanol–water partition coefficient (Wildman–Crippen LogP) is 8.72. The molecule has 1 aromatic carbocycles. The zero-order valence-corrected chi connectivity index (χ0v) is 32.1. The smallest absolute Gasteiger partial charge is 0.149 e. The van der Waals surface area contributed by atoms with E-state index in [0.29, 0.717) is 45.3 Å². The van der Waals surface area contributed by atoms with Gasteiger partial charge in [-0.2, -0.15) is 0 Å². The largest absolute Gasteiger partial charge is 0.396 e. The molecule has 272 valence electrons. The van der Waals surface area contributed by atoms with Crippen LogP contribution in [0.2, 0.25) is 0 Å². The van der Waals surface area contributed by atoms with E-state index in [1.54, 1.807) is 6.20 Å². The van der Waals surface area contributed by atoms with E-state index in [0.717, 1.165) is 41.1 Å². The molecule has 1 aromatic heterocycles. The molecule has 4 rings (SSSR count). The van der Waals surface area contributed by atoms with E-state index in [1.807, 2.05) is 46.6 Å². The number of nitrogens with one attached hydrogen (secondary N) is 2. The fraction of sp³-hybridized carbons (Fsp3) is 0.447. The van der Waals surface area contributed by atoms with Gasteiger partial charge in [-0.1, -0.05) is 67.5 Å². The summed E-state index contributed by atoms with van der Waals surface area (Å²) in [5.74, 6) is -1.71. The number of hydrogen-bond donors (Lipinski definition) is 4. The second kappa shape index (κ2) is 23.9. The van der Waals surface area contributed by atoms with Gasteiger partial charge in [0.2, 0.25) is 0 Å². The highest BCUT2D eigenvalue weighted by molar-refractivity contribution is 7.47. The van der Waals surface area contributed by atoms with Crippen LogP contribution in [0.4, 0.5) is 18.9 Å². The molecule has 2 aliphatic rings. The number of aryl methyl sites for hydroxylation is 1. The van der Waals surface area contributed by atoms with E-state index in [9.17, 15) is 8.78 Å². The minimum absolute atomic E-state index is 0.143. The summed E-state index contributed by atoms with van der Waals surface area (Å²) < 4.78 is 43.5. The van der Waals surface area contributed by atoms with Crippen molar-refractivity contribution in [2.75, 3.05) is 32.0 Å². The van der Waals surface area contributed by atoms with Crippen LogP contribution >= 0.6 is 20.2 Å². The Morgan fingerprint density at radius 2 is 1.76 bits per heavy atom. The van der Waals surface area contributed by atoms with E-state index in [4.69, 9.17) is 27.1 Å². The number of nitrogens with two attached hydrogens (primary N) is 2. The normalized spacial score (nSPS) is 16.8. The lowest BCUT2D eigenvalue weighted by molar-refractivity contribution is -0.0980. The summed E-state index contributed by atoms with van der Waals surface area (Å²) >= 11 is 6.12. The Morgan fingerprint density at radius 3 is 2.31 bits per heavy atom. The number of nitrogens with zero attached hydrogens (tertiary/aromatic N) is 1. The van der Waals surface area contributed by atoms with Crippen LogP contribution in [-0.2, 0) is 4.79 Å². The molecule has 1 saturated carbocycles. The summed E-state index contributed by atoms with van der Waals surface area (Å²) in [6.45, 7) is 21.1. The van der Waals surface area contributed by atoms with Gasteiger partial charge in [0.15, 0.2) is 0 Å². The van der Waals surface area contributed by atoms with Crippen molar-refractivity contribution in [1.29, 1.82) is 0 Å². The molecule has 0 saturated heterocycles. The Morgan fingerprint density at radius 1 is 1.12 bits per heavy atom.